The van der Waals surface area contributed by atoms with Gasteiger partial charge in [-0.05, 0) is 93.8 Å². The molecule has 0 radical (unpaired) electrons. The summed E-state index contributed by atoms with van der Waals surface area (Å²) in [5, 5.41) is 0. The molecule has 0 bridgehead atoms. The van der Waals surface area contributed by atoms with Gasteiger partial charge in [-0.3, -0.25) is 9.69 Å². The Bertz CT molecular complexity index is 1470. The van der Waals surface area contributed by atoms with Crippen molar-refractivity contribution in [1.29, 1.82) is 0 Å². The third kappa shape index (κ3) is 5.04. The lowest BCUT2D eigenvalue weighted by molar-refractivity contribution is -0.217. The third-order valence-corrected chi connectivity index (χ3v) is 10.1. The van der Waals surface area contributed by atoms with E-state index < -0.39 is 29.2 Å². The number of hydrogen-bond acceptors (Lipinski definition) is 9. The lowest BCUT2D eigenvalue weighted by Gasteiger charge is -2.44. The lowest BCUT2D eigenvalue weighted by Crippen LogP contribution is -2.54. The van der Waals surface area contributed by atoms with Gasteiger partial charge in [-0.1, -0.05) is 30.3 Å². The fraction of sp³-hybridized carbons (Fsp3) is 0.543. The molecule has 44 heavy (non-hydrogen) atoms. The van der Waals surface area contributed by atoms with Gasteiger partial charge in [0.1, 0.15) is 12.4 Å². The van der Waals surface area contributed by atoms with E-state index in [1.807, 2.05) is 44.2 Å². The molecule has 4 heterocycles. The first-order valence-corrected chi connectivity index (χ1v) is 15.8. The van der Waals surface area contributed by atoms with E-state index in [1.165, 1.54) is 0 Å². The van der Waals surface area contributed by atoms with Gasteiger partial charge < -0.3 is 28.4 Å². The van der Waals surface area contributed by atoms with Gasteiger partial charge in [0, 0.05) is 6.54 Å². The molecule has 2 fully saturated rings. The zero-order valence-electron chi connectivity index (χ0n) is 25.8. The van der Waals surface area contributed by atoms with Crippen LogP contribution in [-0.2, 0) is 41.6 Å². The van der Waals surface area contributed by atoms with Gasteiger partial charge in [-0.25, -0.2) is 4.79 Å². The Morgan fingerprint density at radius 2 is 1.80 bits per heavy atom. The van der Waals surface area contributed by atoms with E-state index in [9.17, 15) is 9.59 Å². The number of benzene rings is 2. The van der Waals surface area contributed by atoms with Crippen LogP contribution in [0.2, 0.25) is 0 Å². The number of ether oxygens (including phenoxy) is 6. The normalized spacial score (nSPS) is 29.9. The highest BCUT2D eigenvalue weighted by molar-refractivity contribution is 5.86. The highest BCUT2D eigenvalue weighted by Gasteiger charge is 2.60. The van der Waals surface area contributed by atoms with E-state index >= 15 is 0 Å². The van der Waals surface area contributed by atoms with Crippen molar-refractivity contribution in [1.82, 2.24) is 4.90 Å². The second kappa shape index (κ2) is 11.1. The van der Waals surface area contributed by atoms with Crippen LogP contribution in [0.15, 0.2) is 54.3 Å². The van der Waals surface area contributed by atoms with Crippen LogP contribution in [0.3, 0.4) is 0 Å². The van der Waals surface area contributed by atoms with Crippen molar-refractivity contribution in [2.45, 2.75) is 94.2 Å². The minimum Gasteiger partial charge on any atom is -0.497 e. The quantitative estimate of drug-likeness (QED) is 0.396. The third-order valence-electron chi connectivity index (χ3n) is 10.1. The highest BCUT2D eigenvalue weighted by Crippen LogP contribution is 2.56. The van der Waals surface area contributed by atoms with Crippen LogP contribution in [0.5, 0.6) is 11.5 Å². The maximum atomic E-state index is 14.5. The summed E-state index contributed by atoms with van der Waals surface area (Å²) in [6.07, 6.45) is 5.94. The molecule has 2 aromatic rings. The van der Waals surface area contributed by atoms with Gasteiger partial charge in [0.05, 0.1) is 30.6 Å². The van der Waals surface area contributed by atoms with Crippen molar-refractivity contribution in [2.24, 2.45) is 0 Å². The van der Waals surface area contributed by atoms with Crippen LogP contribution in [0, 0.1) is 0 Å². The molecule has 2 aromatic carbocycles. The molecule has 2 saturated heterocycles. The first-order chi connectivity index (χ1) is 21.2. The summed E-state index contributed by atoms with van der Waals surface area (Å²) in [4.78, 5) is 30.3. The molecular weight excluding hydrogens is 562 g/mol. The van der Waals surface area contributed by atoms with Crippen LogP contribution in [0.4, 0.5) is 0 Å². The van der Waals surface area contributed by atoms with Crippen molar-refractivity contribution in [3.63, 3.8) is 0 Å². The SMILES string of the molecule is COC1=CC23CCCN2CCc2cc4c(cc2[C@@H]3C1OC(=O)[C@@]1(CC(=O)OCc2ccccc2)CCCC(C)(C)O1)OCO4. The van der Waals surface area contributed by atoms with Crippen molar-refractivity contribution < 1.29 is 38.0 Å². The highest BCUT2D eigenvalue weighted by atomic mass is 16.7. The first kappa shape index (κ1) is 29.2. The molecule has 2 unspecified atom stereocenters. The van der Waals surface area contributed by atoms with Gasteiger partial charge in [0.2, 0.25) is 6.79 Å². The van der Waals surface area contributed by atoms with Gasteiger partial charge in [-0.2, -0.15) is 0 Å². The summed E-state index contributed by atoms with van der Waals surface area (Å²) in [5.74, 6) is 0.812. The Labute approximate surface area is 258 Å². The second-order valence-corrected chi connectivity index (χ2v) is 13.3. The monoisotopic (exact) mass is 603 g/mol. The molecule has 0 amide bonds. The predicted octanol–water partition coefficient (Wildman–Crippen LogP) is 5.20. The summed E-state index contributed by atoms with van der Waals surface area (Å²) >= 11 is 0. The maximum Gasteiger partial charge on any atom is 0.339 e. The van der Waals surface area contributed by atoms with Crippen LogP contribution in [0.1, 0.15) is 75.0 Å². The topological polar surface area (TPSA) is 92.8 Å². The second-order valence-electron chi connectivity index (χ2n) is 13.3. The number of carbonyl (C=O) groups excluding carboxylic acids is 2. The van der Waals surface area contributed by atoms with Crippen molar-refractivity contribution in [2.75, 3.05) is 27.0 Å². The standard InChI is InChI=1S/C35H41NO8/c1-33(2)12-7-14-35(44-33,20-29(37)40-21-23-9-5-4-6-10-23)32(38)43-31-28(39-3)19-34-13-8-15-36(34)16-11-24-17-26-27(42-22-41-26)18-25(24)30(31)34/h4-6,9-10,17-19,30-31H,7-8,11-16,20-22H2,1-3H3/t30-,31?,34?,35+/m1/s1. The molecule has 9 heteroatoms. The molecule has 9 nitrogen and oxygen atoms in total. The van der Waals surface area contributed by atoms with Crippen molar-refractivity contribution in [3.8, 4) is 11.5 Å². The molecule has 4 atom stereocenters. The molecule has 7 rings (SSSR count). The summed E-state index contributed by atoms with van der Waals surface area (Å²) < 4.78 is 36.2. The van der Waals surface area contributed by atoms with Gasteiger partial charge in [0.25, 0.3) is 0 Å². The molecule has 5 aliphatic rings. The molecule has 0 N–H and O–H groups in total. The van der Waals surface area contributed by atoms with E-state index in [0.717, 1.165) is 67.6 Å². The summed E-state index contributed by atoms with van der Waals surface area (Å²) in [5.41, 5.74) is 0.687. The van der Waals surface area contributed by atoms with Gasteiger partial charge in [-0.15, -0.1) is 0 Å². The fourth-order valence-electron chi connectivity index (χ4n) is 8.11. The van der Waals surface area contributed by atoms with Crippen molar-refractivity contribution in [3.05, 3.63) is 71.0 Å². The number of fused-ring (bicyclic) bond motifs is 3. The first-order valence-electron chi connectivity index (χ1n) is 15.8. The molecule has 0 aromatic heterocycles. The molecule has 0 saturated carbocycles. The summed E-state index contributed by atoms with van der Waals surface area (Å²) in [7, 11) is 1.63. The van der Waals surface area contributed by atoms with E-state index in [2.05, 4.69) is 23.1 Å². The largest absolute Gasteiger partial charge is 0.497 e. The fourth-order valence-corrected chi connectivity index (χ4v) is 8.11. The summed E-state index contributed by atoms with van der Waals surface area (Å²) in [6, 6.07) is 13.6. The lowest BCUT2D eigenvalue weighted by atomic mass is 9.77. The maximum absolute atomic E-state index is 14.5. The molecule has 234 valence electrons. The van der Waals surface area contributed by atoms with Crippen LogP contribution in [-0.4, -0.2) is 66.7 Å². The number of rotatable bonds is 7. The smallest absolute Gasteiger partial charge is 0.339 e. The van der Waals surface area contributed by atoms with E-state index in [-0.39, 0.29) is 31.3 Å². The zero-order chi connectivity index (χ0) is 30.5. The molecular formula is C35H41NO8. The van der Waals surface area contributed by atoms with Crippen LogP contribution < -0.4 is 9.47 Å². The summed E-state index contributed by atoms with van der Waals surface area (Å²) in [6.45, 7) is 6.06. The molecule has 1 spiro atoms. The Balaban J connectivity index is 1.21. The molecule has 4 aliphatic heterocycles. The predicted molar refractivity (Wildman–Crippen MR) is 160 cm³/mol. The van der Waals surface area contributed by atoms with Crippen LogP contribution >= 0.6 is 0 Å². The Hall–Kier alpha value is -3.56. The number of nitrogens with zero attached hydrogens (tertiary/aromatic N) is 1. The Morgan fingerprint density at radius 3 is 2.57 bits per heavy atom. The van der Waals surface area contributed by atoms with Gasteiger partial charge >= 0.3 is 11.9 Å². The van der Waals surface area contributed by atoms with Gasteiger partial charge in [0.15, 0.2) is 23.2 Å². The number of carbonyl (C=O) groups is 2. The van der Waals surface area contributed by atoms with Crippen LogP contribution in [0.25, 0.3) is 0 Å². The van der Waals surface area contributed by atoms with E-state index in [4.69, 9.17) is 28.4 Å². The minimum atomic E-state index is -1.47. The van der Waals surface area contributed by atoms with Crippen molar-refractivity contribution >= 4 is 11.9 Å². The zero-order valence-corrected chi connectivity index (χ0v) is 25.8. The average Bonchev–Trinajstić information content (AvgIpc) is 3.69. The Kier molecular flexibility index (Phi) is 7.36. The average molecular weight is 604 g/mol. The Morgan fingerprint density at radius 1 is 1.00 bits per heavy atom. The molecule has 1 aliphatic carbocycles. The number of esters is 2. The number of hydrogen-bond donors (Lipinski definition) is 0. The van der Waals surface area contributed by atoms with E-state index in [1.54, 1.807) is 7.11 Å². The minimum absolute atomic E-state index is 0.126. The number of methoxy groups -OCH3 is 1. The van der Waals surface area contributed by atoms with E-state index in [0.29, 0.717) is 17.9 Å².